The van der Waals surface area contributed by atoms with Gasteiger partial charge in [0.1, 0.15) is 5.75 Å². The zero-order chi connectivity index (χ0) is 21.2. The van der Waals surface area contributed by atoms with E-state index >= 15 is 0 Å². The van der Waals surface area contributed by atoms with E-state index in [4.69, 9.17) is 0 Å². The third-order valence-electron chi connectivity index (χ3n) is 5.45. The SMILES string of the molecule is CCCCCCCCc1cc(CSCCCCC)c(O)c(CSCCCCC)c1. The van der Waals surface area contributed by atoms with E-state index in [1.807, 2.05) is 23.5 Å². The highest BCUT2D eigenvalue weighted by atomic mass is 32.2. The lowest BCUT2D eigenvalue weighted by atomic mass is 10.0. The van der Waals surface area contributed by atoms with Crippen LogP contribution < -0.4 is 0 Å². The quantitative estimate of drug-likeness (QED) is 0.217. The molecule has 1 nitrogen and oxygen atoms in total. The number of hydrogen-bond donors (Lipinski definition) is 1. The average molecular weight is 439 g/mol. The van der Waals surface area contributed by atoms with Gasteiger partial charge in [-0.05, 0) is 42.8 Å². The van der Waals surface area contributed by atoms with E-state index in [0.29, 0.717) is 5.75 Å². The second-order valence-electron chi connectivity index (χ2n) is 8.30. The summed E-state index contributed by atoms with van der Waals surface area (Å²) in [6.45, 7) is 6.79. The largest absolute Gasteiger partial charge is 0.507 e. The first-order valence-corrected chi connectivity index (χ1v) is 14.5. The highest BCUT2D eigenvalue weighted by molar-refractivity contribution is 7.98. The molecule has 29 heavy (non-hydrogen) atoms. The number of benzene rings is 1. The van der Waals surface area contributed by atoms with E-state index in [1.165, 1.54) is 105 Å². The van der Waals surface area contributed by atoms with E-state index in [9.17, 15) is 5.11 Å². The molecule has 0 fully saturated rings. The van der Waals surface area contributed by atoms with Crippen molar-refractivity contribution in [2.24, 2.45) is 0 Å². The molecule has 168 valence electrons. The molecular weight excluding hydrogens is 392 g/mol. The molecule has 1 rings (SSSR count). The topological polar surface area (TPSA) is 20.2 Å². The van der Waals surface area contributed by atoms with Gasteiger partial charge in [-0.25, -0.2) is 0 Å². The molecule has 0 amide bonds. The lowest BCUT2D eigenvalue weighted by Crippen LogP contribution is -1.96. The van der Waals surface area contributed by atoms with Crippen LogP contribution in [0.3, 0.4) is 0 Å². The van der Waals surface area contributed by atoms with Crippen LogP contribution in [-0.4, -0.2) is 16.6 Å². The lowest BCUT2D eigenvalue weighted by Gasteiger charge is -2.14. The minimum atomic E-state index is 0.572. The highest BCUT2D eigenvalue weighted by Crippen LogP contribution is 2.32. The minimum absolute atomic E-state index is 0.572. The van der Waals surface area contributed by atoms with E-state index in [2.05, 4.69) is 32.9 Å². The zero-order valence-corrected chi connectivity index (χ0v) is 21.1. The average Bonchev–Trinajstić information content (AvgIpc) is 2.72. The monoisotopic (exact) mass is 438 g/mol. The van der Waals surface area contributed by atoms with Gasteiger partial charge in [-0.2, -0.15) is 23.5 Å². The number of phenolic OH excluding ortho intramolecular Hbond substituents is 1. The molecule has 0 aromatic heterocycles. The van der Waals surface area contributed by atoms with Crippen molar-refractivity contribution in [1.29, 1.82) is 0 Å². The van der Waals surface area contributed by atoms with Gasteiger partial charge >= 0.3 is 0 Å². The first-order chi connectivity index (χ1) is 14.2. The van der Waals surface area contributed by atoms with Crippen molar-refractivity contribution in [2.45, 2.75) is 116 Å². The van der Waals surface area contributed by atoms with Crippen LogP contribution in [0.4, 0.5) is 0 Å². The standard InChI is InChI=1S/C26H46OS2/c1-4-7-10-11-12-13-16-23-19-24(21-28-17-14-8-5-2)26(27)25(20-23)22-29-18-15-9-6-3/h19-20,27H,4-18,21-22H2,1-3H3. The summed E-state index contributed by atoms with van der Waals surface area (Å²) >= 11 is 3.97. The van der Waals surface area contributed by atoms with Crippen molar-refractivity contribution in [2.75, 3.05) is 11.5 Å². The van der Waals surface area contributed by atoms with Gasteiger partial charge in [0.2, 0.25) is 0 Å². The fourth-order valence-electron chi connectivity index (χ4n) is 3.58. The Hall–Kier alpha value is -0.280. The summed E-state index contributed by atoms with van der Waals surface area (Å²) in [6, 6.07) is 4.58. The van der Waals surface area contributed by atoms with Crippen molar-refractivity contribution < 1.29 is 5.11 Å². The molecule has 1 aromatic rings. The maximum atomic E-state index is 10.9. The third-order valence-corrected chi connectivity index (χ3v) is 7.63. The van der Waals surface area contributed by atoms with Gasteiger partial charge in [0.05, 0.1) is 0 Å². The third kappa shape index (κ3) is 12.9. The molecule has 0 saturated heterocycles. The van der Waals surface area contributed by atoms with Crippen molar-refractivity contribution in [1.82, 2.24) is 0 Å². The molecule has 0 radical (unpaired) electrons. The van der Waals surface area contributed by atoms with E-state index < -0.39 is 0 Å². The van der Waals surface area contributed by atoms with E-state index in [0.717, 1.165) is 17.9 Å². The Balaban J connectivity index is 2.63. The molecule has 0 aliphatic heterocycles. The van der Waals surface area contributed by atoms with Crippen LogP contribution >= 0.6 is 23.5 Å². The van der Waals surface area contributed by atoms with Crippen LogP contribution in [0.5, 0.6) is 5.75 Å². The van der Waals surface area contributed by atoms with Gasteiger partial charge in [-0.15, -0.1) is 0 Å². The molecule has 0 aliphatic carbocycles. The number of unbranched alkanes of at least 4 members (excludes halogenated alkanes) is 9. The second kappa shape index (κ2) is 18.5. The molecule has 1 N–H and O–H groups in total. The maximum Gasteiger partial charge on any atom is 0.123 e. The Labute approximate surface area is 190 Å². The number of phenols is 1. The Morgan fingerprint density at radius 3 is 1.59 bits per heavy atom. The molecule has 0 bridgehead atoms. The summed E-state index contributed by atoms with van der Waals surface area (Å²) in [4.78, 5) is 0. The Morgan fingerprint density at radius 1 is 0.621 bits per heavy atom. The van der Waals surface area contributed by atoms with Gasteiger partial charge in [0.25, 0.3) is 0 Å². The summed E-state index contributed by atoms with van der Waals surface area (Å²) in [6.07, 6.45) is 17.0. The zero-order valence-electron chi connectivity index (χ0n) is 19.4. The summed E-state index contributed by atoms with van der Waals surface area (Å²) in [5.74, 6) is 4.88. The lowest BCUT2D eigenvalue weighted by molar-refractivity contribution is 0.465. The molecule has 0 unspecified atom stereocenters. The van der Waals surface area contributed by atoms with Crippen molar-refractivity contribution in [3.8, 4) is 5.75 Å². The van der Waals surface area contributed by atoms with Gasteiger partial charge in [0, 0.05) is 22.6 Å². The predicted molar refractivity (Wildman–Crippen MR) is 137 cm³/mol. The van der Waals surface area contributed by atoms with Gasteiger partial charge in [-0.1, -0.05) is 90.7 Å². The van der Waals surface area contributed by atoms with Crippen molar-refractivity contribution in [3.05, 3.63) is 28.8 Å². The maximum absolute atomic E-state index is 10.9. The predicted octanol–water partition coefficient (Wildman–Crippen LogP) is 9.14. The Kier molecular flexibility index (Phi) is 17.1. The Bertz CT molecular complexity index is 480. The van der Waals surface area contributed by atoms with Crippen LogP contribution in [0.2, 0.25) is 0 Å². The first kappa shape index (κ1) is 26.8. The molecule has 3 heteroatoms. The molecular formula is C26H46OS2. The van der Waals surface area contributed by atoms with Gasteiger partial charge in [0.15, 0.2) is 0 Å². The van der Waals surface area contributed by atoms with Crippen LogP contribution in [-0.2, 0) is 17.9 Å². The van der Waals surface area contributed by atoms with Gasteiger partial charge < -0.3 is 5.11 Å². The van der Waals surface area contributed by atoms with Crippen molar-refractivity contribution >= 4 is 23.5 Å². The van der Waals surface area contributed by atoms with Crippen LogP contribution in [0.25, 0.3) is 0 Å². The van der Waals surface area contributed by atoms with Crippen molar-refractivity contribution in [3.63, 3.8) is 0 Å². The number of rotatable bonds is 19. The Morgan fingerprint density at radius 2 is 1.07 bits per heavy atom. The second-order valence-corrected chi connectivity index (χ2v) is 10.5. The fourth-order valence-corrected chi connectivity index (χ4v) is 5.56. The number of aromatic hydroxyl groups is 1. The summed E-state index contributed by atoms with van der Waals surface area (Å²) in [5.41, 5.74) is 3.77. The number of hydrogen-bond acceptors (Lipinski definition) is 3. The number of thioether (sulfide) groups is 2. The normalized spacial score (nSPS) is 11.3. The molecule has 0 spiro atoms. The minimum Gasteiger partial charge on any atom is -0.507 e. The number of aryl methyl sites for hydroxylation is 1. The molecule has 1 aromatic carbocycles. The first-order valence-electron chi connectivity index (χ1n) is 12.2. The van der Waals surface area contributed by atoms with Gasteiger partial charge in [-0.3, -0.25) is 0 Å². The van der Waals surface area contributed by atoms with E-state index in [1.54, 1.807) is 0 Å². The molecule has 0 atom stereocenters. The molecule has 0 aliphatic rings. The van der Waals surface area contributed by atoms with Crippen LogP contribution in [0.1, 0.15) is 115 Å². The smallest absolute Gasteiger partial charge is 0.123 e. The summed E-state index contributed by atoms with van der Waals surface area (Å²) in [7, 11) is 0. The summed E-state index contributed by atoms with van der Waals surface area (Å²) < 4.78 is 0. The molecule has 0 saturated carbocycles. The summed E-state index contributed by atoms with van der Waals surface area (Å²) in [5, 5.41) is 10.9. The van der Waals surface area contributed by atoms with Crippen LogP contribution in [0, 0.1) is 0 Å². The highest BCUT2D eigenvalue weighted by Gasteiger charge is 2.11. The van der Waals surface area contributed by atoms with E-state index in [-0.39, 0.29) is 0 Å². The van der Waals surface area contributed by atoms with Crippen LogP contribution in [0.15, 0.2) is 12.1 Å². The fraction of sp³-hybridized carbons (Fsp3) is 0.769. The molecule has 0 heterocycles.